The Kier molecular flexibility index (Phi) is 8.95. The van der Waals surface area contributed by atoms with Crippen LogP contribution in [0.2, 0.25) is 0 Å². The largest absolute Gasteiger partial charge is 0.395 e. The van der Waals surface area contributed by atoms with Gasteiger partial charge >= 0.3 is 5.69 Å². The van der Waals surface area contributed by atoms with Crippen LogP contribution < -0.4 is 16.1 Å². The number of nitro groups is 1. The lowest BCUT2D eigenvalue weighted by molar-refractivity contribution is -0.384. The van der Waals surface area contributed by atoms with Crippen molar-refractivity contribution in [3.8, 4) is 0 Å². The zero-order chi connectivity index (χ0) is 23.0. The van der Waals surface area contributed by atoms with E-state index >= 15 is 0 Å². The summed E-state index contributed by atoms with van der Waals surface area (Å²) in [6, 6.07) is 8.02. The number of non-ortho nitro benzene ring substituents is 1. The number of aliphatic hydroxyl groups excluding tert-OH is 1. The lowest BCUT2D eigenvalue weighted by Gasteiger charge is -2.29. The highest BCUT2D eigenvalue weighted by atomic mass is 16.6. The van der Waals surface area contributed by atoms with Gasteiger partial charge in [-0.15, -0.1) is 0 Å². The molecule has 31 heavy (non-hydrogen) atoms. The zero-order valence-electron chi connectivity index (χ0n) is 18.4. The molecular weight excluding hydrogens is 402 g/mol. The van der Waals surface area contributed by atoms with E-state index in [0.717, 1.165) is 29.5 Å². The number of aromatic nitrogens is 2. The minimum Gasteiger partial charge on any atom is -0.395 e. The van der Waals surface area contributed by atoms with Gasteiger partial charge in [0.25, 0.3) is 11.2 Å². The number of aryl methyl sites for hydroxylation is 1. The Morgan fingerprint density at radius 2 is 1.71 bits per heavy atom. The number of nitro benzene ring substituents is 1. The Morgan fingerprint density at radius 1 is 1.03 bits per heavy atom. The number of nitrogens with zero attached hydrogens (tertiary/aromatic N) is 5. The van der Waals surface area contributed by atoms with Gasteiger partial charge in [0.2, 0.25) is 0 Å². The molecule has 0 unspecified atom stereocenters. The smallest absolute Gasteiger partial charge is 0.332 e. The van der Waals surface area contributed by atoms with Gasteiger partial charge in [-0.05, 0) is 31.9 Å². The summed E-state index contributed by atoms with van der Waals surface area (Å²) in [4.78, 5) is 38.7. The van der Waals surface area contributed by atoms with E-state index in [-0.39, 0.29) is 23.5 Å². The number of hydrogen-bond donors (Lipinski definition) is 1. The van der Waals surface area contributed by atoms with E-state index in [1.807, 2.05) is 11.8 Å². The summed E-state index contributed by atoms with van der Waals surface area (Å²) < 4.78 is 2.55. The first kappa shape index (κ1) is 24.3. The molecule has 1 aromatic heterocycles. The molecule has 0 bridgehead atoms. The average molecular weight is 434 g/mol. The molecule has 0 fully saturated rings. The molecule has 2 rings (SSSR count). The van der Waals surface area contributed by atoms with E-state index in [1.165, 1.54) is 29.8 Å². The molecule has 1 aromatic carbocycles. The van der Waals surface area contributed by atoms with Gasteiger partial charge in [0.15, 0.2) is 0 Å². The van der Waals surface area contributed by atoms with Crippen molar-refractivity contribution < 1.29 is 10.0 Å². The Labute approximate surface area is 181 Å². The highest BCUT2D eigenvalue weighted by Crippen LogP contribution is 2.13. The molecule has 0 atom stereocenters. The van der Waals surface area contributed by atoms with Crippen LogP contribution in [-0.4, -0.2) is 63.4 Å². The fourth-order valence-corrected chi connectivity index (χ4v) is 3.49. The Morgan fingerprint density at radius 3 is 2.29 bits per heavy atom. The van der Waals surface area contributed by atoms with E-state index in [9.17, 15) is 24.8 Å². The number of anilines is 1. The summed E-state index contributed by atoms with van der Waals surface area (Å²) in [5.74, 6) is 0.574. The van der Waals surface area contributed by atoms with Crippen LogP contribution in [-0.2, 0) is 20.5 Å². The molecule has 1 heterocycles. The van der Waals surface area contributed by atoms with Crippen LogP contribution >= 0.6 is 0 Å². The van der Waals surface area contributed by atoms with Crippen LogP contribution in [0.25, 0.3) is 0 Å². The second-order valence-corrected chi connectivity index (χ2v) is 7.41. The van der Waals surface area contributed by atoms with Gasteiger partial charge in [0, 0.05) is 58.5 Å². The Hall–Kier alpha value is -2.98. The Bertz CT molecular complexity index is 983. The van der Waals surface area contributed by atoms with Gasteiger partial charge in [-0.2, -0.15) is 0 Å². The normalized spacial score (nSPS) is 11.1. The second kappa shape index (κ2) is 11.4. The van der Waals surface area contributed by atoms with Crippen molar-refractivity contribution in [2.75, 3.05) is 44.2 Å². The van der Waals surface area contributed by atoms with Crippen LogP contribution in [0.15, 0.2) is 39.9 Å². The molecule has 10 nitrogen and oxygen atoms in total. The monoisotopic (exact) mass is 433 g/mol. The first-order valence-corrected chi connectivity index (χ1v) is 10.4. The molecule has 0 spiro atoms. The number of benzene rings is 1. The van der Waals surface area contributed by atoms with Crippen molar-refractivity contribution in [3.63, 3.8) is 0 Å². The van der Waals surface area contributed by atoms with Gasteiger partial charge < -0.3 is 10.0 Å². The number of hydrogen-bond acceptors (Lipinski definition) is 7. The van der Waals surface area contributed by atoms with Crippen LogP contribution in [0, 0.1) is 10.1 Å². The van der Waals surface area contributed by atoms with E-state index in [4.69, 9.17) is 0 Å². The van der Waals surface area contributed by atoms with Crippen LogP contribution in [0.3, 0.4) is 0 Å². The van der Waals surface area contributed by atoms with E-state index < -0.39 is 4.92 Å². The molecule has 0 radical (unpaired) electrons. The van der Waals surface area contributed by atoms with Gasteiger partial charge in [-0.1, -0.05) is 12.1 Å². The zero-order valence-corrected chi connectivity index (χ0v) is 18.4. The maximum Gasteiger partial charge on any atom is 0.332 e. The number of aliphatic hydroxyl groups is 1. The third-order valence-electron chi connectivity index (χ3n) is 5.40. The Balaban J connectivity index is 1.97. The van der Waals surface area contributed by atoms with Gasteiger partial charge in [-0.3, -0.25) is 28.9 Å². The molecule has 0 aliphatic rings. The van der Waals surface area contributed by atoms with E-state index in [1.54, 1.807) is 19.2 Å². The van der Waals surface area contributed by atoms with Crippen molar-refractivity contribution in [1.29, 1.82) is 0 Å². The van der Waals surface area contributed by atoms with E-state index in [2.05, 4.69) is 4.90 Å². The van der Waals surface area contributed by atoms with Gasteiger partial charge in [0.1, 0.15) is 5.82 Å². The lowest BCUT2D eigenvalue weighted by atomic mass is 10.1. The van der Waals surface area contributed by atoms with Crippen molar-refractivity contribution in [2.45, 2.75) is 19.8 Å². The van der Waals surface area contributed by atoms with Crippen LogP contribution in [0.5, 0.6) is 0 Å². The number of rotatable bonds is 12. The minimum absolute atomic E-state index is 0.0357. The summed E-state index contributed by atoms with van der Waals surface area (Å²) in [5, 5.41) is 20.2. The van der Waals surface area contributed by atoms with Crippen molar-refractivity contribution >= 4 is 11.5 Å². The summed E-state index contributed by atoms with van der Waals surface area (Å²) in [7, 11) is 3.11. The van der Waals surface area contributed by atoms with Crippen LogP contribution in [0.1, 0.15) is 18.9 Å². The fraction of sp³-hybridized carbons (Fsp3) is 0.524. The molecule has 2 aromatic rings. The number of likely N-dealkylation sites (N-methyl/N-ethyl adjacent to an activating group) is 1. The molecule has 0 aliphatic heterocycles. The van der Waals surface area contributed by atoms with Crippen molar-refractivity contribution in [3.05, 3.63) is 66.8 Å². The third-order valence-corrected chi connectivity index (χ3v) is 5.40. The molecular formula is C21H31N5O5. The van der Waals surface area contributed by atoms with Crippen molar-refractivity contribution in [1.82, 2.24) is 14.0 Å². The summed E-state index contributed by atoms with van der Waals surface area (Å²) in [5.41, 5.74) is 0.401. The fourth-order valence-electron chi connectivity index (χ4n) is 3.49. The molecule has 1 N–H and O–H groups in total. The SMILES string of the molecule is CCN(CCN(CCO)CCCc1ccc([N+](=O)[O-])cc1)c1cc(=O)n(C)c(=O)n1C. The first-order valence-electron chi connectivity index (χ1n) is 10.4. The minimum atomic E-state index is -0.412. The first-order chi connectivity index (χ1) is 14.8. The topological polar surface area (TPSA) is 114 Å². The molecule has 10 heteroatoms. The molecule has 0 saturated heterocycles. The molecule has 0 amide bonds. The quantitative estimate of drug-likeness (QED) is 0.388. The highest BCUT2D eigenvalue weighted by Gasteiger charge is 2.14. The van der Waals surface area contributed by atoms with Gasteiger partial charge in [0.05, 0.1) is 11.5 Å². The standard InChI is InChI=1S/C21H31N5O5/c1-4-25(19-16-20(28)23(3)21(29)22(19)2)13-12-24(14-15-27)11-5-6-17-7-9-18(10-8-17)26(30)31/h7-10,16,27H,4-6,11-15H2,1-3H3. The van der Waals surface area contributed by atoms with Crippen LogP contribution in [0.4, 0.5) is 11.5 Å². The maximum absolute atomic E-state index is 12.2. The predicted molar refractivity (Wildman–Crippen MR) is 120 cm³/mol. The highest BCUT2D eigenvalue weighted by molar-refractivity contribution is 5.38. The summed E-state index contributed by atoms with van der Waals surface area (Å²) >= 11 is 0. The second-order valence-electron chi connectivity index (χ2n) is 7.41. The molecule has 170 valence electrons. The predicted octanol–water partition coefficient (Wildman–Crippen LogP) is 0.746. The average Bonchev–Trinajstić information content (AvgIpc) is 2.76. The van der Waals surface area contributed by atoms with E-state index in [0.29, 0.717) is 32.0 Å². The molecule has 0 aliphatic carbocycles. The maximum atomic E-state index is 12.2. The lowest BCUT2D eigenvalue weighted by Crippen LogP contribution is -2.43. The molecule has 0 saturated carbocycles. The van der Waals surface area contributed by atoms with Gasteiger partial charge in [-0.25, -0.2) is 4.79 Å². The summed E-state index contributed by atoms with van der Waals surface area (Å²) in [6.45, 7) is 5.18. The third kappa shape index (κ3) is 6.50. The summed E-state index contributed by atoms with van der Waals surface area (Å²) in [6.07, 6.45) is 1.62. The van der Waals surface area contributed by atoms with Crippen molar-refractivity contribution in [2.24, 2.45) is 14.1 Å².